The summed E-state index contributed by atoms with van der Waals surface area (Å²) in [7, 11) is 0. The highest BCUT2D eigenvalue weighted by Crippen LogP contribution is 2.24. The molecule has 47 heavy (non-hydrogen) atoms. The van der Waals surface area contributed by atoms with Crippen molar-refractivity contribution in [3.8, 4) is 5.75 Å². The number of unbranched alkanes of at least 4 members (excludes halogenated alkanes) is 9. The van der Waals surface area contributed by atoms with E-state index in [0.717, 1.165) is 30.2 Å². The molecule has 0 fully saturated rings. The van der Waals surface area contributed by atoms with Crippen LogP contribution in [0.25, 0.3) is 0 Å². The fraction of sp³-hybridized carbons (Fsp3) is 0.714. The summed E-state index contributed by atoms with van der Waals surface area (Å²) in [6.07, 6.45) is 11.8. The summed E-state index contributed by atoms with van der Waals surface area (Å²) < 4.78 is 33.5. The fourth-order valence-corrected chi connectivity index (χ4v) is 5.67. The largest absolute Gasteiger partial charge is 0.494 e. The van der Waals surface area contributed by atoms with Crippen LogP contribution >= 0.6 is 0 Å². The van der Waals surface area contributed by atoms with E-state index in [4.69, 9.17) is 39.6 Å². The first-order chi connectivity index (χ1) is 22.9. The Bertz CT molecular complexity index is 1300. The number of aromatic nitrogens is 6. The molecule has 4 bridgehead atoms. The number of fused-ring (bicyclic) bond motifs is 4. The minimum atomic E-state index is -0.368. The maximum atomic E-state index is 6.26. The molecular weight excluding hydrogens is 598 g/mol. The van der Waals surface area contributed by atoms with Gasteiger partial charge in [-0.15, -0.1) is 10.2 Å². The van der Waals surface area contributed by atoms with Crippen molar-refractivity contribution in [2.75, 3.05) is 38.9 Å². The molecule has 12 heteroatoms. The highest BCUT2D eigenvalue weighted by Gasteiger charge is 2.24. The van der Waals surface area contributed by atoms with Gasteiger partial charge in [0, 0.05) is 0 Å². The van der Waals surface area contributed by atoms with Crippen molar-refractivity contribution in [2.45, 2.75) is 130 Å². The summed E-state index contributed by atoms with van der Waals surface area (Å²) >= 11 is 0. The molecule has 0 unspecified atom stereocenters. The summed E-state index contributed by atoms with van der Waals surface area (Å²) in [6, 6.07) is 8.24. The van der Waals surface area contributed by atoms with Crippen LogP contribution in [0.4, 0.5) is 0 Å². The minimum absolute atomic E-state index is 0.321. The molecule has 0 radical (unpaired) electrons. The predicted molar refractivity (Wildman–Crippen MR) is 181 cm³/mol. The van der Waals surface area contributed by atoms with Gasteiger partial charge < -0.3 is 29.5 Å². The molecule has 12 nitrogen and oxygen atoms in total. The monoisotopic (exact) mass is 655 g/mol. The van der Waals surface area contributed by atoms with E-state index in [-0.39, 0.29) is 24.4 Å². The summed E-state index contributed by atoms with van der Waals surface area (Å²) in [6.45, 7) is 12.6. The average molecular weight is 656 g/mol. The highest BCUT2D eigenvalue weighted by molar-refractivity contribution is 5.27. The molecule has 1 aliphatic heterocycles. The van der Waals surface area contributed by atoms with Crippen molar-refractivity contribution in [1.82, 2.24) is 29.6 Å². The minimum Gasteiger partial charge on any atom is -0.494 e. The van der Waals surface area contributed by atoms with E-state index in [1.807, 2.05) is 44.5 Å². The third-order valence-electron chi connectivity index (χ3n) is 8.58. The van der Waals surface area contributed by atoms with Crippen LogP contribution in [-0.4, -0.2) is 62.7 Å². The Morgan fingerprint density at radius 3 is 1.72 bits per heavy atom. The molecule has 0 spiro atoms. The van der Waals surface area contributed by atoms with E-state index in [9.17, 15) is 0 Å². The number of ether oxygens (including phenoxy) is 5. The fourth-order valence-electron chi connectivity index (χ4n) is 5.67. The Hall–Kier alpha value is -3.06. The number of nitrogens with two attached hydrogens (primary N) is 1. The lowest BCUT2D eigenvalue weighted by Crippen LogP contribution is -2.22. The van der Waals surface area contributed by atoms with Gasteiger partial charge in [-0.25, -0.2) is 14.3 Å². The van der Waals surface area contributed by atoms with Crippen LogP contribution in [0, 0.1) is 0 Å². The lowest BCUT2D eigenvalue weighted by molar-refractivity contribution is -0.0229. The topological polar surface area (TPSA) is 134 Å². The highest BCUT2D eigenvalue weighted by atomic mass is 16.5. The molecule has 262 valence electrons. The van der Waals surface area contributed by atoms with Gasteiger partial charge in [-0.2, -0.15) is 5.10 Å². The maximum Gasteiger partial charge on any atom is 0.180 e. The number of nitrogen functional groups attached to an aromatic ring is 1. The Morgan fingerprint density at radius 2 is 1.17 bits per heavy atom. The van der Waals surface area contributed by atoms with Crippen molar-refractivity contribution >= 4 is 0 Å². The quantitative estimate of drug-likeness (QED) is 0.144. The van der Waals surface area contributed by atoms with Crippen LogP contribution in [-0.2, 0) is 25.5 Å². The number of hydrogen-bond donors (Lipinski definition) is 1. The van der Waals surface area contributed by atoms with Crippen molar-refractivity contribution in [3.05, 3.63) is 53.1 Å². The SMILES string of the molecule is CCCCCCCCCCCCOc1ccc(Cn2nc3nc2[C@H](C)OCCO[C@@H](C)c2nnc(n2N)[C@H](C)OCCO[C@H]3C)cc1. The Morgan fingerprint density at radius 1 is 0.681 bits per heavy atom. The molecule has 0 aliphatic carbocycles. The van der Waals surface area contributed by atoms with Gasteiger partial charge in [-0.05, 0) is 51.8 Å². The van der Waals surface area contributed by atoms with Crippen molar-refractivity contribution in [2.24, 2.45) is 0 Å². The second-order valence-corrected chi connectivity index (χ2v) is 12.5. The van der Waals surface area contributed by atoms with Crippen LogP contribution in [0.1, 0.15) is 152 Å². The zero-order chi connectivity index (χ0) is 33.4. The number of benzene rings is 1. The lowest BCUT2D eigenvalue weighted by atomic mass is 10.1. The molecule has 4 atom stereocenters. The van der Waals surface area contributed by atoms with E-state index in [1.54, 1.807) is 0 Å². The van der Waals surface area contributed by atoms with Gasteiger partial charge >= 0.3 is 0 Å². The van der Waals surface area contributed by atoms with Crippen LogP contribution in [0.5, 0.6) is 5.75 Å². The molecule has 1 aromatic carbocycles. The third kappa shape index (κ3) is 11.5. The van der Waals surface area contributed by atoms with Crippen molar-refractivity contribution in [1.29, 1.82) is 0 Å². The summed E-state index contributed by atoms with van der Waals surface area (Å²) in [5.41, 5.74) is 1.10. The summed E-state index contributed by atoms with van der Waals surface area (Å²) in [5, 5.41) is 13.3. The lowest BCUT2D eigenvalue weighted by Gasteiger charge is -2.17. The maximum absolute atomic E-state index is 6.26. The Balaban J connectivity index is 1.30. The Labute approximate surface area is 280 Å². The number of rotatable bonds is 14. The van der Waals surface area contributed by atoms with Crippen LogP contribution in [0.3, 0.4) is 0 Å². The molecule has 0 amide bonds. The summed E-state index contributed by atoms with van der Waals surface area (Å²) in [5.74, 6) is 9.51. The van der Waals surface area contributed by atoms with E-state index < -0.39 is 0 Å². The molecule has 2 aromatic heterocycles. The normalized spacial score (nSPS) is 21.3. The predicted octanol–water partition coefficient (Wildman–Crippen LogP) is 6.96. The van der Waals surface area contributed by atoms with E-state index in [1.165, 1.54) is 62.5 Å². The van der Waals surface area contributed by atoms with Crippen molar-refractivity contribution in [3.63, 3.8) is 0 Å². The van der Waals surface area contributed by atoms with Crippen molar-refractivity contribution < 1.29 is 23.7 Å². The molecule has 2 N–H and O–H groups in total. The Kier molecular flexibility index (Phi) is 15.4. The van der Waals surface area contributed by atoms with Gasteiger partial charge in [-0.3, -0.25) is 0 Å². The zero-order valence-corrected chi connectivity index (χ0v) is 29.2. The standard InChI is InChI=1S/C35H57N7O5/c1-6-7-8-9-10-11-12-13-14-15-20-47-31-18-16-30(17-19-31)25-41-33-27(3)44-23-24-46-29(5)35-39-38-34(42(35)36)28(4)45-22-21-43-26(2)32(37-33)40-41/h16-19,26-29H,6-15,20-25,36H2,1-5H3/t26-,27-,28-,29-/m0/s1. The molecular formula is C35H57N7O5. The van der Waals surface area contributed by atoms with Crippen LogP contribution in [0.15, 0.2) is 24.3 Å². The molecule has 0 saturated carbocycles. The first-order valence-corrected chi connectivity index (χ1v) is 17.7. The van der Waals surface area contributed by atoms with Gasteiger partial charge in [0.2, 0.25) is 0 Å². The molecule has 1 aliphatic rings. The van der Waals surface area contributed by atoms with E-state index in [0.29, 0.717) is 50.4 Å². The second kappa shape index (κ2) is 19.7. The first kappa shape index (κ1) is 36.8. The molecule has 3 aromatic rings. The van der Waals surface area contributed by atoms with Crippen LogP contribution in [0.2, 0.25) is 0 Å². The first-order valence-electron chi connectivity index (χ1n) is 17.7. The van der Waals surface area contributed by atoms with Gasteiger partial charge in [0.25, 0.3) is 0 Å². The van der Waals surface area contributed by atoms with Gasteiger partial charge in [-0.1, -0.05) is 76.8 Å². The number of hydrogen-bond acceptors (Lipinski definition) is 10. The van der Waals surface area contributed by atoms with E-state index >= 15 is 0 Å². The van der Waals surface area contributed by atoms with Gasteiger partial charge in [0.1, 0.15) is 30.2 Å². The third-order valence-corrected chi connectivity index (χ3v) is 8.58. The zero-order valence-electron chi connectivity index (χ0n) is 29.2. The van der Waals surface area contributed by atoms with Crippen LogP contribution < -0.4 is 10.6 Å². The van der Waals surface area contributed by atoms with E-state index in [2.05, 4.69) is 29.3 Å². The molecule has 0 saturated heterocycles. The average Bonchev–Trinajstić information content (AvgIpc) is 3.67. The number of nitrogens with zero attached hydrogens (tertiary/aromatic N) is 6. The smallest absolute Gasteiger partial charge is 0.180 e. The van der Waals surface area contributed by atoms with Gasteiger partial charge in [0.05, 0.1) is 39.6 Å². The molecule has 3 heterocycles. The summed E-state index contributed by atoms with van der Waals surface area (Å²) in [4.78, 5) is 4.85. The van der Waals surface area contributed by atoms with Gasteiger partial charge in [0.15, 0.2) is 23.3 Å². The molecule has 4 rings (SSSR count). The second-order valence-electron chi connectivity index (χ2n) is 12.5.